The third-order valence-electron chi connectivity index (χ3n) is 6.90. The Morgan fingerprint density at radius 3 is 2.64 bits per heavy atom. The second-order valence-electron chi connectivity index (χ2n) is 10.3. The van der Waals surface area contributed by atoms with E-state index in [2.05, 4.69) is 29.2 Å². The second kappa shape index (κ2) is 12.4. The number of halogens is 1. The van der Waals surface area contributed by atoms with Crippen LogP contribution in [-0.4, -0.2) is 73.5 Å². The monoisotopic (exact) mass is 556 g/mol. The van der Waals surface area contributed by atoms with Gasteiger partial charge in [-0.2, -0.15) is 9.40 Å². The smallest absolute Gasteiger partial charge is 0.246 e. The van der Waals surface area contributed by atoms with Crippen LogP contribution in [0.1, 0.15) is 36.6 Å². The van der Waals surface area contributed by atoms with E-state index in [0.717, 1.165) is 23.4 Å². The number of methoxy groups -OCH3 is 1. The molecule has 2 heterocycles. The maximum atomic E-state index is 13.6. The summed E-state index contributed by atoms with van der Waals surface area (Å²) in [5, 5.41) is 15.5. The average molecular weight is 557 g/mol. The molecule has 3 aromatic rings. The Bertz CT molecular complexity index is 1390. The van der Waals surface area contributed by atoms with E-state index < -0.39 is 10.0 Å². The summed E-state index contributed by atoms with van der Waals surface area (Å²) in [6.07, 6.45) is 4.24. The van der Waals surface area contributed by atoms with Crippen LogP contribution in [0.15, 0.2) is 53.7 Å². The summed E-state index contributed by atoms with van der Waals surface area (Å²) in [5.74, 6) is 0.0836. The van der Waals surface area contributed by atoms with Crippen molar-refractivity contribution in [1.82, 2.24) is 19.0 Å². The van der Waals surface area contributed by atoms with Gasteiger partial charge in [0.15, 0.2) is 0 Å². The summed E-state index contributed by atoms with van der Waals surface area (Å²) < 4.78 is 48.8. The van der Waals surface area contributed by atoms with E-state index in [-0.39, 0.29) is 16.8 Å². The van der Waals surface area contributed by atoms with Crippen molar-refractivity contribution in [2.24, 2.45) is 5.92 Å². The molecule has 1 aliphatic rings. The third kappa shape index (κ3) is 6.73. The number of aromatic nitrogens is 2. The number of hydrogen-bond acceptors (Lipinski definition) is 7. The molecule has 1 saturated heterocycles. The summed E-state index contributed by atoms with van der Waals surface area (Å²) in [6, 6.07) is 9.82. The zero-order valence-corrected chi connectivity index (χ0v) is 23.7. The third-order valence-corrected chi connectivity index (χ3v) is 8.72. The lowest BCUT2D eigenvalue weighted by molar-refractivity contribution is 0.105. The molecular weight excluding hydrogens is 519 g/mol. The number of ether oxygens (including phenoxy) is 1. The fourth-order valence-corrected chi connectivity index (χ4v) is 6.34. The predicted octanol–water partition coefficient (Wildman–Crippen LogP) is 4.42. The number of piperazine rings is 1. The Kier molecular flexibility index (Phi) is 9.16. The SMILES string of the molecule is COCCn1cc(S(=O)(=O)N2CCN(CC(C)C)[C@@H](c3cc(C=N)c(Nc4ccc(F)cc4)cc3C)C2)cn1. The molecule has 1 aromatic heterocycles. The first-order chi connectivity index (χ1) is 18.6. The van der Waals surface area contributed by atoms with Gasteiger partial charge in [0.25, 0.3) is 0 Å². The summed E-state index contributed by atoms with van der Waals surface area (Å²) in [6.45, 7) is 9.31. The van der Waals surface area contributed by atoms with Crippen LogP contribution >= 0.6 is 0 Å². The van der Waals surface area contributed by atoms with E-state index in [9.17, 15) is 12.8 Å². The molecule has 0 bridgehead atoms. The molecule has 1 atom stereocenters. The van der Waals surface area contributed by atoms with E-state index in [1.54, 1.807) is 34.4 Å². The first-order valence-corrected chi connectivity index (χ1v) is 14.5. The van der Waals surface area contributed by atoms with Crippen LogP contribution in [0.5, 0.6) is 0 Å². The van der Waals surface area contributed by atoms with E-state index in [0.29, 0.717) is 50.0 Å². The van der Waals surface area contributed by atoms with Gasteiger partial charge in [-0.05, 0) is 60.4 Å². The number of rotatable bonds is 11. The van der Waals surface area contributed by atoms with Crippen molar-refractivity contribution < 1.29 is 17.5 Å². The quantitative estimate of drug-likeness (QED) is 0.339. The number of benzene rings is 2. The molecular formula is C28H37FN6O3S. The lowest BCUT2D eigenvalue weighted by Crippen LogP contribution is -2.51. The zero-order valence-electron chi connectivity index (χ0n) is 22.9. The lowest BCUT2D eigenvalue weighted by atomic mass is 9.94. The normalized spacial score (nSPS) is 17.0. The molecule has 0 spiro atoms. The van der Waals surface area contributed by atoms with Crippen molar-refractivity contribution in [2.75, 3.05) is 45.2 Å². The van der Waals surface area contributed by atoms with Crippen molar-refractivity contribution in [3.05, 3.63) is 71.3 Å². The molecule has 2 aromatic carbocycles. The number of sulfonamides is 1. The number of aryl methyl sites for hydroxylation is 1. The maximum absolute atomic E-state index is 13.6. The van der Waals surface area contributed by atoms with Gasteiger partial charge < -0.3 is 15.5 Å². The standard InChI is InChI=1S/C28H37FN6O3S/c1-20(2)17-33-9-10-35(39(36,37)25-16-31-34(18-25)11-12-38-4)19-28(33)26-14-22(15-30)27(13-21(26)3)32-24-7-5-23(29)6-8-24/h5-8,13-16,18,20,28,30,32H,9-12,17,19H2,1-4H3/t28-/m1/s1. The van der Waals surface area contributed by atoms with Gasteiger partial charge in [0.05, 0.1) is 19.3 Å². The molecule has 4 rings (SSSR count). The van der Waals surface area contributed by atoms with Crippen molar-refractivity contribution in [2.45, 2.75) is 38.3 Å². The molecule has 0 amide bonds. The van der Waals surface area contributed by atoms with Gasteiger partial charge in [0.1, 0.15) is 10.7 Å². The van der Waals surface area contributed by atoms with Crippen molar-refractivity contribution >= 4 is 27.6 Å². The Morgan fingerprint density at radius 2 is 1.97 bits per heavy atom. The molecule has 2 N–H and O–H groups in total. The van der Waals surface area contributed by atoms with Gasteiger partial charge >= 0.3 is 0 Å². The van der Waals surface area contributed by atoms with Crippen LogP contribution in [0.2, 0.25) is 0 Å². The van der Waals surface area contributed by atoms with Gasteiger partial charge in [0.2, 0.25) is 10.0 Å². The van der Waals surface area contributed by atoms with Gasteiger partial charge in [-0.3, -0.25) is 9.58 Å². The second-order valence-corrected chi connectivity index (χ2v) is 12.2. The Labute approximate surface area is 230 Å². The van der Waals surface area contributed by atoms with E-state index in [1.807, 2.05) is 19.1 Å². The van der Waals surface area contributed by atoms with Gasteiger partial charge in [-0.1, -0.05) is 13.8 Å². The summed E-state index contributed by atoms with van der Waals surface area (Å²) >= 11 is 0. The van der Waals surface area contributed by atoms with Crippen molar-refractivity contribution in [3.63, 3.8) is 0 Å². The molecule has 0 unspecified atom stereocenters. The largest absolute Gasteiger partial charge is 0.383 e. The van der Waals surface area contributed by atoms with Gasteiger partial charge in [0, 0.05) is 68.7 Å². The number of hydrogen-bond donors (Lipinski definition) is 2. The van der Waals surface area contributed by atoms with Crippen LogP contribution in [0.25, 0.3) is 0 Å². The zero-order chi connectivity index (χ0) is 28.2. The van der Waals surface area contributed by atoms with Crippen molar-refractivity contribution in [3.8, 4) is 0 Å². The highest BCUT2D eigenvalue weighted by atomic mass is 32.2. The minimum atomic E-state index is -3.75. The molecule has 0 saturated carbocycles. The van der Waals surface area contributed by atoms with Crippen LogP contribution in [0.4, 0.5) is 15.8 Å². The van der Waals surface area contributed by atoms with Crippen LogP contribution < -0.4 is 5.32 Å². The highest BCUT2D eigenvalue weighted by molar-refractivity contribution is 7.89. The highest BCUT2D eigenvalue weighted by Gasteiger charge is 2.36. The summed E-state index contributed by atoms with van der Waals surface area (Å²) in [4.78, 5) is 2.51. The fourth-order valence-electron chi connectivity index (χ4n) is 4.95. The summed E-state index contributed by atoms with van der Waals surface area (Å²) in [5.41, 5.74) is 4.08. The number of anilines is 2. The number of nitrogens with one attached hydrogen (secondary N) is 2. The van der Waals surface area contributed by atoms with E-state index >= 15 is 0 Å². The van der Waals surface area contributed by atoms with Crippen LogP contribution in [-0.2, 0) is 21.3 Å². The van der Waals surface area contributed by atoms with Crippen LogP contribution in [0.3, 0.4) is 0 Å². The molecule has 210 valence electrons. The predicted molar refractivity (Wildman–Crippen MR) is 151 cm³/mol. The highest BCUT2D eigenvalue weighted by Crippen LogP contribution is 2.34. The van der Waals surface area contributed by atoms with Gasteiger partial charge in [-0.25, -0.2) is 12.8 Å². The lowest BCUT2D eigenvalue weighted by Gasteiger charge is -2.42. The molecule has 39 heavy (non-hydrogen) atoms. The Hall–Kier alpha value is -3.12. The topological polar surface area (TPSA) is 104 Å². The number of nitrogens with zero attached hydrogens (tertiary/aromatic N) is 4. The molecule has 1 fully saturated rings. The first kappa shape index (κ1) is 28.9. The molecule has 0 radical (unpaired) electrons. The Balaban J connectivity index is 1.65. The minimum Gasteiger partial charge on any atom is -0.383 e. The summed E-state index contributed by atoms with van der Waals surface area (Å²) in [7, 11) is -2.15. The Morgan fingerprint density at radius 1 is 1.23 bits per heavy atom. The van der Waals surface area contributed by atoms with E-state index in [1.165, 1.54) is 24.5 Å². The molecule has 11 heteroatoms. The van der Waals surface area contributed by atoms with Crippen molar-refractivity contribution in [1.29, 1.82) is 5.41 Å². The molecule has 9 nitrogen and oxygen atoms in total. The van der Waals surface area contributed by atoms with E-state index in [4.69, 9.17) is 10.1 Å². The average Bonchev–Trinajstić information content (AvgIpc) is 3.39. The molecule has 0 aliphatic carbocycles. The fraction of sp³-hybridized carbons (Fsp3) is 0.429. The van der Waals surface area contributed by atoms with Gasteiger partial charge in [-0.15, -0.1) is 0 Å². The first-order valence-electron chi connectivity index (χ1n) is 13.1. The molecule has 1 aliphatic heterocycles. The maximum Gasteiger partial charge on any atom is 0.246 e. The van der Waals surface area contributed by atoms with Crippen LogP contribution in [0, 0.1) is 24.1 Å². The minimum absolute atomic E-state index is 0.172.